The van der Waals surface area contributed by atoms with E-state index in [1.807, 2.05) is 47.8 Å². The lowest BCUT2D eigenvalue weighted by molar-refractivity contribution is -0.121. The van der Waals surface area contributed by atoms with Crippen LogP contribution in [0.1, 0.15) is 12.3 Å². The minimum Gasteiger partial charge on any atom is -0.492 e. The van der Waals surface area contributed by atoms with Crippen LogP contribution < -0.4 is 10.1 Å². The van der Waals surface area contributed by atoms with E-state index >= 15 is 0 Å². The van der Waals surface area contributed by atoms with E-state index < -0.39 is 0 Å². The number of aromatic nitrogens is 2. The number of para-hydroxylation sites is 1. The molecule has 1 aromatic carbocycles. The van der Waals surface area contributed by atoms with E-state index in [9.17, 15) is 4.79 Å². The van der Waals surface area contributed by atoms with Gasteiger partial charge >= 0.3 is 0 Å². The van der Waals surface area contributed by atoms with Gasteiger partial charge in [-0.15, -0.1) is 11.3 Å². The van der Waals surface area contributed by atoms with Crippen molar-refractivity contribution in [2.75, 3.05) is 13.2 Å². The Balaban J connectivity index is 1.35. The molecule has 0 bridgehead atoms. The zero-order valence-corrected chi connectivity index (χ0v) is 13.8. The maximum atomic E-state index is 11.8. The molecule has 0 aliphatic carbocycles. The van der Waals surface area contributed by atoms with Crippen LogP contribution in [0.2, 0.25) is 0 Å². The molecule has 0 saturated carbocycles. The maximum Gasteiger partial charge on any atom is 0.227 e. The Morgan fingerprint density at radius 2 is 2.08 bits per heavy atom. The molecule has 3 rings (SSSR count). The molecule has 0 unspecified atom stereocenters. The summed E-state index contributed by atoms with van der Waals surface area (Å²) >= 11 is 1.55. The van der Waals surface area contributed by atoms with Gasteiger partial charge in [0.25, 0.3) is 0 Å². The molecule has 3 aromatic rings. The van der Waals surface area contributed by atoms with E-state index in [4.69, 9.17) is 9.26 Å². The topological polar surface area (TPSA) is 77.2 Å². The summed E-state index contributed by atoms with van der Waals surface area (Å²) in [7, 11) is 0. The molecule has 7 heteroatoms. The van der Waals surface area contributed by atoms with Gasteiger partial charge in [0.05, 0.1) is 11.4 Å². The summed E-state index contributed by atoms with van der Waals surface area (Å²) in [6.07, 6.45) is 0.723. The Kier molecular flexibility index (Phi) is 5.57. The molecular formula is C17H17N3O3S. The minimum absolute atomic E-state index is 0.0671. The average molecular weight is 343 g/mol. The smallest absolute Gasteiger partial charge is 0.227 e. The number of amides is 1. The number of nitrogens with zero attached hydrogens (tertiary/aromatic N) is 2. The van der Waals surface area contributed by atoms with Gasteiger partial charge in [-0.25, -0.2) is 0 Å². The van der Waals surface area contributed by atoms with Gasteiger partial charge in [0.2, 0.25) is 17.6 Å². The van der Waals surface area contributed by atoms with Crippen LogP contribution in [0, 0.1) is 0 Å². The Hall–Kier alpha value is -2.67. The Bertz CT molecular complexity index is 757. The summed E-state index contributed by atoms with van der Waals surface area (Å²) in [6.45, 7) is 0.886. The predicted molar refractivity (Wildman–Crippen MR) is 90.9 cm³/mol. The third kappa shape index (κ3) is 4.66. The third-order valence-corrected chi connectivity index (χ3v) is 4.08. The highest BCUT2D eigenvalue weighted by atomic mass is 32.1. The number of carbonyl (C=O) groups excluding carboxylic acids is 1. The average Bonchev–Trinajstić information content (AvgIpc) is 3.29. The van der Waals surface area contributed by atoms with Gasteiger partial charge in [0.15, 0.2) is 0 Å². The fourth-order valence-corrected chi connectivity index (χ4v) is 2.70. The number of rotatable bonds is 8. The number of thiophene rings is 1. The van der Waals surface area contributed by atoms with E-state index in [1.165, 1.54) is 0 Å². The molecule has 2 aromatic heterocycles. The number of aryl methyl sites for hydroxylation is 1. The van der Waals surface area contributed by atoms with E-state index in [-0.39, 0.29) is 5.91 Å². The number of hydrogen-bond acceptors (Lipinski definition) is 6. The van der Waals surface area contributed by atoms with Crippen molar-refractivity contribution < 1.29 is 14.1 Å². The highest BCUT2D eigenvalue weighted by Gasteiger charge is 2.11. The lowest BCUT2D eigenvalue weighted by atomic mass is 10.3. The van der Waals surface area contributed by atoms with Crippen molar-refractivity contribution in [3.8, 4) is 16.5 Å². The van der Waals surface area contributed by atoms with Crippen molar-refractivity contribution in [2.45, 2.75) is 12.8 Å². The lowest BCUT2D eigenvalue weighted by Crippen LogP contribution is -2.28. The highest BCUT2D eigenvalue weighted by molar-refractivity contribution is 7.13. The molecule has 2 heterocycles. The number of benzene rings is 1. The fraction of sp³-hybridized carbons (Fsp3) is 0.235. The van der Waals surface area contributed by atoms with Gasteiger partial charge in [-0.1, -0.05) is 29.4 Å². The van der Waals surface area contributed by atoms with Crippen LogP contribution in [0.25, 0.3) is 10.7 Å². The van der Waals surface area contributed by atoms with Crippen LogP contribution in [0.5, 0.6) is 5.75 Å². The van der Waals surface area contributed by atoms with E-state index in [2.05, 4.69) is 15.5 Å². The molecule has 0 fully saturated rings. The first-order valence-corrected chi connectivity index (χ1v) is 8.50. The van der Waals surface area contributed by atoms with Crippen molar-refractivity contribution in [1.29, 1.82) is 0 Å². The minimum atomic E-state index is -0.0671. The Morgan fingerprint density at radius 3 is 2.88 bits per heavy atom. The zero-order valence-electron chi connectivity index (χ0n) is 13.0. The summed E-state index contributed by atoms with van der Waals surface area (Å²) in [6, 6.07) is 13.4. The molecule has 124 valence electrons. The standard InChI is InChI=1S/C17H17N3O3S/c21-15(18-10-11-22-13-5-2-1-3-6-13)8-9-16-19-17(20-23-16)14-7-4-12-24-14/h1-7,12H,8-11H2,(H,18,21). The first-order chi connectivity index (χ1) is 11.8. The molecule has 0 radical (unpaired) electrons. The van der Waals surface area contributed by atoms with Crippen LogP contribution >= 0.6 is 11.3 Å². The Morgan fingerprint density at radius 1 is 1.21 bits per heavy atom. The fourth-order valence-electron chi connectivity index (χ4n) is 2.05. The van der Waals surface area contributed by atoms with E-state index in [1.54, 1.807) is 11.3 Å². The maximum absolute atomic E-state index is 11.8. The number of hydrogen-bond donors (Lipinski definition) is 1. The van der Waals surface area contributed by atoms with Gasteiger partial charge in [-0.3, -0.25) is 4.79 Å². The highest BCUT2D eigenvalue weighted by Crippen LogP contribution is 2.21. The van der Waals surface area contributed by atoms with Crippen LogP contribution in [0.15, 0.2) is 52.4 Å². The molecule has 0 aliphatic rings. The van der Waals surface area contributed by atoms with Gasteiger partial charge in [-0.2, -0.15) is 4.98 Å². The SMILES string of the molecule is O=C(CCc1nc(-c2cccs2)no1)NCCOc1ccccc1. The van der Waals surface area contributed by atoms with Gasteiger partial charge in [0.1, 0.15) is 12.4 Å². The van der Waals surface area contributed by atoms with Gasteiger partial charge < -0.3 is 14.6 Å². The largest absolute Gasteiger partial charge is 0.492 e. The molecule has 0 aliphatic heterocycles. The molecular weight excluding hydrogens is 326 g/mol. The summed E-state index contributed by atoms with van der Waals surface area (Å²) in [5.41, 5.74) is 0. The molecule has 0 saturated heterocycles. The summed E-state index contributed by atoms with van der Waals surface area (Å²) in [5, 5.41) is 8.68. The van der Waals surface area contributed by atoms with E-state index in [0.717, 1.165) is 10.6 Å². The number of carbonyl (C=O) groups is 1. The second-order valence-corrected chi connectivity index (χ2v) is 5.95. The number of ether oxygens (including phenoxy) is 1. The molecule has 0 atom stereocenters. The normalized spacial score (nSPS) is 10.5. The van der Waals surface area contributed by atoms with Crippen molar-refractivity contribution in [3.05, 3.63) is 53.7 Å². The second kappa shape index (κ2) is 8.26. The second-order valence-electron chi connectivity index (χ2n) is 5.00. The monoisotopic (exact) mass is 343 g/mol. The number of nitrogens with one attached hydrogen (secondary N) is 1. The molecule has 1 amide bonds. The first-order valence-electron chi connectivity index (χ1n) is 7.62. The van der Waals surface area contributed by atoms with Gasteiger partial charge in [0, 0.05) is 12.8 Å². The molecule has 6 nitrogen and oxygen atoms in total. The predicted octanol–water partition coefficient (Wildman–Crippen LogP) is 2.93. The van der Waals surface area contributed by atoms with Crippen LogP contribution in [0.3, 0.4) is 0 Å². The van der Waals surface area contributed by atoms with Crippen LogP contribution in [-0.2, 0) is 11.2 Å². The quantitative estimate of drug-likeness (QED) is 0.636. The summed E-state index contributed by atoms with van der Waals surface area (Å²) < 4.78 is 10.7. The summed E-state index contributed by atoms with van der Waals surface area (Å²) in [4.78, 5) is 17.0. The molecule has 0 spiro atoms. The van der Waals surface area contributed by atoms with Crippen molar-refractivity contribution >= 4 is 17.2 Å². The first kappa shape index (κ1) is 16.2. The van der Waals surface area contributed by atoms with Crippen molar-refractivity contribution in [3.63, 3.8) is 0 Å². The van der Waals surface area contributed by atoms with Crippen LogP contribution in [-0.4, -0.2) is 29.2 Å². The van der Waals surface area contributed by atoms with Crippen molar-refractivity contribution in [2.24, 2.45) is 0 Å². The molecule has 24 heavy (non-hydrogen) atoms. The zero-order chi connectivity index (χ0) is 16.6. The van der Waals surface area contributed by atoms with E-state index in [0.29, 0.717) is 37.7 Å². The Labute approximate surface area is 143 Å². The summed E-state index contributed by atoms with van der Waals surface area (Å²) in [5.74, 6) is 1.76. The van der Waals surface area contributed by atoms with Gasteiger partial charge in [-0.05, 0) is 23.6 Å². The van der Waals surface area contributed by atoms with Crippen molar-refractivity contribution in [1.82, 2.24) is 15.5 Å². The lowest BCUT2D eigenvalue weighted by Gasteiger charge is -2.07. The van der Waals surface area contributed by atoms with Crippen LogP contribution in [0.4, 0.5) is 0 Å². The molecule has 1 N–H and O–H groups in total. The third-order valence-electron chi connectivity index (χ3n) is 3.21.